The van der Waals surface area contributed by atoms with Gasteiger partial charge in [-0.15, -0.1) is 0 Å². The Kier molecular flexibility index (Phi) is 4.04. The molecular weight excluding hydrogens is 259 g/mol. The van der Waals surface area contributed by atoms with Crippen molar-refractivity contribution in [3.63, 3.8) is 0 Å². The number of fused-ring (bicyclic) bond motifs is 1. The molecule has 2 aromatic rings. The van der Waals surface area contributed by atoms with Gasteiger partial charge in [0.25, 0.3) is 0 Å². The van der Waals surface area contributed by atoms with Crippen molar-refractivity contribution in [2.24, 2.45) is 0 Å². The molecule has 0 fully saturated rings. The number of H-pyrrole nitrogens is 1. The number of likely N-dealkylation sites (N-methyl/N-ethyl adjacent to an activating group) is 1. The van der Waals surface area contributed by atoms with Crippen LogP contribution < -0.4 is 4.52 Å². The predicted molar refractivity (Wildman–Crippen MR) is 83.4 cm³/mol. The van der Waals surface area contributed by atoms with Crippen LogP contribution in [-0.2, 0) is 6.42 Å². The molecule has 104 valence electrons. The number of nitrogens with zero attached hydrogens (tertiary/aromatic N) is 1. The van der Waals surface area contributed by atoms with Crippen LogP contribution in [0.3, 0.4) is 0 Å². The highest BCUT2D eigenvalue weighted by Crippen LogP contribution is 2.41. The lowest BCUT2D eigenvalue weighted by Gasteiger charge is -2.16. The minimum absolute atomic E-state index is 0.709. The molecule has 0 saturated carbocycles. The molecule has 19 heavy (non-hydrogen) atoms. The molecule has 0 aliphatic heterocycles. The first-order valence-electron chi connectivity index (χ1n) is 6.24. The van der Waals surface area contributed by atoms with E-state index >= 15 is 0 Å². The van der Waals surface area contributed by atoms with Gasteiger partial charge in [0.05, 0.1) is 0 Å². The second-order valence-electron chi connectivity index (χ2n) is 5.19. The molecule has 1 aromatic heterocycles. The summed E-state index contributed by atoms with van der Waals surface area (Å²) in [6.07, 6.45) is 6.63. The summed E-state index contributed by atoms with van der Waals surface area (Å²) >= 11 is 0. The maximum Gasteiger partial charge on any atom is 0.161 e. The van der Waals surface area contributed by atoms with Crippen LogP contribution in [0.4, 0.5) is 0 Å². The Hall–Kier alpha value is -1.22. The van der Waals surface area contributed by atoms with Gasteiger partial charge in [0.15, 0.2) is 7.34 Å². The maximum atomic E-state index is 9.84. The van der Waals surface area contributed by atoms with E-state index in [1.54, 1.807) is 6.66 Å². The molecule has 0 spiro atoms. The fourth-order valence-electron chi connectivity index (χ4n) is 2.05. The van der Waals surface area contributed by atoms with E-state index in [1.807, 2.05) is 24.4 Å². The normalized spacial score (nSPS) is 14.8. The van der Waals surface area contributed by atoms with Crippen molar-refractivity contribution >= 4 is 24.5 Å². The molecule has 0 saturated heterocycles. The lowest BCUT2D eigenvalue weighted by atomic mass is 10.1. The van der Waals surface area contributed by atoms with E-state index in [1.165, 1.54) is 5.56 Å². The molecule has 0 aliphatic carbocycles. The summed E-state index contributed by atoms with van der Waals surface area (Å²) in [5.41, 5.74) is 2.23. The molecular formula is C14H21N2O2P. The predicted octanol–water partition coefficient (Wildman–Crippen LogP) is 2.55. The second-order valence-corrected chi connectivity index (χ2v) is 7.47. The molecule has 2 N–H and O–H groups in total. The first-order valence-corrected chi connectivity index (χ1v) is 8.53. The van der Waals surface area contributed by atoms with Gasteiger partial charge in [-0.1, -0.05) is 6.07 Å². The van der Waals surface area contributed by atoms with E-state index in [9.17, 15) is 4.89 Å². The Morgan fingerprint density at radius 1 is 1.42 bits per heavy atom. The Balaban J connectivity index is 2.40. The molecule has 2 rings (SSSR count). The molecule has 5 heteroatoms. The standard InChI is InChI=1S/C14H21N2O2P/c1-16(2)9-8-11-10-15-12-6-5-7-13(14(11)12)18-19(3,4)17/h5-7,10,15,17H,3,8-9H2,1-2,4H3. The number of hydrogen-bond acceptors (Lipinski definition) is 3. The molecule has 1 heterocycles. The third-order valence-corrected chi connectivity index (χ3v) is 3.46. The summed E-state index contributed by atoms with van der Waals surface area (Å²) in [5, 5.41) is 1.05. The van der Waals surface area contributed by atoms with Crippen LogP contribution in [0.5, 0.6) is 5.75 Å². The highest BCUT2D eigenvalue weighted by Gasteiger charge is 2.13. The zero-order valence-electron chi connectivity index (χ0n) is 11.7. The average molecular weight is 280 g/mol. The molecule has 1 atom stereocenters. The van der Waals surface area contributed by atoms with Crippen molar-refractivity contribution < 1.29 is 9.42 Å². The zero-order valence-corrected chi connectivity index (χ0v) is 12.6. The third-order valence-electron chi connectivity index (χ3n) is 2.87. The zero-order chi connectivity index (χ0) is 14.0. The van der Waals surface area contributed by atoms with Gasteiger partial charge in [0.2, 0.25) is 0 Å². The topological polar surface area (TPSA) is 48.5 Å². The highest BCUT2D eigenvalue weighted by molar-refractivity contribution is 7.63. The van der Waals surface area contributed by atoms with E-state index in [-0.39, 0.29) is 0 Å². The summed E-state index contributed by atoms with van der Waals surface area (Å²) in [5.74, 6) is 0.709. The molecule has 0 bridgehead atoms. The molecule has 0 aliphatic rings. The number of aromatic nitrogens is 1. The molecule has 4 nitrogen and oxygen atoms in total. The molecule has 0 radical (unpaired) electrons. The van der Waals surface area contributed by atoms with Gasteiger partial charge in [0.1, 0.15) is 5.75 Å². The van der Waals surface area contributed by atoms with Crippen molar-refractivity contribution in [3.05, 3.63) is 30.0 Å². The summed E-state index contributed by atoms with van der Waals surface area (Å²) in [7, 11) is 1.56. The van der Waals surface area contributed by atoms with E-state index in [4.69, 9.17) is 4.52 Å². The van der Waals surface area contributed by atoms with Gasteiger partial charge in [-0.2, -0.15) is 0 Å². The van der Waals surface area contributed by atoms with Gasteiger partial charge in [0, 0.05) is 30.3 Å². The maximum absolute atomic E-state index is 9.84. The summed E-state index contributed by atoms with van der Waals surface area (Å²) in [4.78, 5) is 15.2. The third kappa shape index (κ3) is 3.63. The number of nitrogens with one attached hydrogen (secondary N) is 1. The van der Waals surface area contributed by atoms with Gasteiger partial charge in [-0.25, -0.2) is 0 Å². The van der Waals surface area contributed by atoms with E-state index in [0.717, 1.165) is 23.9 Å². The fraction of sp³-hybridized carbons (Fsp3) is 0.357. The monoisotopic (exact) mass is 280 g/mol. The Morgan fingerprint density at radius 2 is 2.16 bits per heavy atom. The average Bonchev–Trinajstić information content (AvgIpc) is 2.68. The van der Waals surface area contributed by atoms with Crippen molar-refractivity contribution in [2.75, 3.05) is 27.3 Å². The number of benzene rings is 1. The smallest absolute Gasteiger partial charge is 0.161 e. The molecule has 0 amide bonds. The van der Waals surface area contributed by atoms with Crippen molar-refractivity contribution in [3.8, 4) is 5.75 Å². The summed E-state index contributed by atoms with van der Waals surface area (Å²) in [6, 6.07) is 5.81. The van der Waals surface area contributed by atoms with Gasteiger partial charge < -0.3 is 19.3 Å². The molecule has 1 unspecified atom stereocenters. The summed E-state index contributed by atoms with van der Waals surface area (Å²) < 4.78 is 5.64. The first-order chi connectivity index (χ1) is 8.87. The number of aromatic amines is 1. The van der Waals surface area contributed by atoms with E-state index in [0.29, 0.717) is 5.75 Å². The fourth-order valence-corrected chi connectivity index (χ4v) is 2.62. The Bertz CT molecular complexity index is 613. The van der Waals surface area contributed by atoms with Crippen LogP contribution in [0.2, 0.25) is 0 Å². The Morgan fingerprint density at radius 3 is 2.79 bits per heavy atom. The van der Waals surface area contributed by atoms with Gasteiger partial charge in [-0.3, -0.25) is 0 Å². The SMILES string of the molecule is C=P(C)(O)Oc1cccc2[nH]cc(CCN(C)C)c12. The van der Waals surface area contributed by atoms with Crippen molar-refractivity contribution in [1.82, 2.24) is 9.88 Å². The van der Waals surface area contributed by atoms with E-state index in [2.05, 4.69) is 30.3 Å². The van der Waals surface area contributed by atoms with Crippen LogP contribution in [0.1, 0.15) is 5.56 Å². The highest BCUT2D eigenvalue weighted by atomic mass is 31.2. The number of rotatable bonds is 5. The van der Waals surface area contributed by atoms with Crippen LogP contribution >= 0.6 is 7.34 Å². The summed E-state index contributed by atoms with van der Waals surface area (Å²) in [6.45, 7) is 2.61. The van der Waals surface area contributed by atoms with Crippen LogP contribution in [0.25, 0.3) is 10.9 Å². The minimum Gasteiger partial charge on any atom is -0.453 e. The van der Waals surface area contributed by atoms with Crippen LogP contribution in [0, 0.1) is 0 Å². The lowest BCUT2D eigenvalue weighted by molar-refractivity contribution is 0.414. The van der Waals surface area contributed by atoms with Crippen LogP contribution in [0.15, 0.2) is 24.4 Å². The lowest BCUT2D eigenvalue weighted by Crippen LogP contribution is -2.14. The second kappa shape index (κ2) is 5.41. The minimum atomic E-state index is -2.55. The van der Waals surface area contributed by atoms with Crippen LogP contribution in [-0.4, -0.2) is 48.4 Å². The van der Waals surface area contributed by atoms with Crippen molar-refractivity contribution in [1.29, 1.82) is 0 Å². The van der Waals surface area contributed by atoms with Gasteiger partial charge >= 0.3 is 0 Å². The number of hydrogen-bond donors (Lipinski definition) is 2. The quantitative estimate of drug-likeness (QED) is 0.828. The Labute approximate surface area is 114 Å². The van der Waals surface area contributed by atoms with Gasteiger partial charge in [-0.05, 0) is 44.5 Å². The van der Waals surface area contributed by atoms with E-state index < -0.39 is 7.34 Å². The first kappa shape index (κ1) is 14.2. The molecule has 1 aromatic carbocycles. The largest absolute Gasteiger partial charge is 0.453 e. The van der Waals surface area contributed by atoms with Crippen molar-refractivity contribution in [2.45, 2.75) is 6.42 Å².